The second kappa shape index (κ2) is 9.40. The summed E-state index contributed by atoms with van der Waals surface area (Å²) in [7, 11) is 3.13. The lowest BCUT2D eigenvalue weighted by atomic mass is 10.0. The van der Waals surface area contributed by atoms with Crippen LogP contribution >= 0.6 is 0 Å². The molecule has 1 aromatic heterocycles. The summed E-state index contributed by atoms with van der Waals surface area (Å²) < 4.78 is 12.4. The second-order valence-electron chi connectivity index (χ2n) is 7.33. The fourth-order valence-corrected chi connectivity index (χ4v) is 3.48. The van der Waals surface area contributed by atoms with Crippen LogP contribution in [0.25, 0.3) is 16.8 Å². The molecule has 0 radical (unpaired) electrons. The average Bonchev–Trinajstić information content (AvgIpc) is 3.30. The number of Topliss-reactive ketones (excluding diaryl/α,β-unsaturated/α-hetero) is 1. The maximum atomic E-state index is 13.3. The molecule has 0 saturated carbocycles. The number of anilines is 1. The SMILES string of the molecule is COc1ccc(-c2cn(-c3ccccc3)nc2C(=O)Nc2cccc(C(C)=O)c2)cc1OC. The zero-order chi connectivity index (χ0) is 23.4. The molecule has 0 fully saturated rings. The van der Waals surface area contributed by atoms with Crippen LogP contribution in [0.4, 0.5) is 5.69 Å². The van der Waals surface area contributed by atoms with Gasteiger partial charge in [-0.05, 0) is 48.9 Å². The van der Waals surface area contributed by atoms with Gasteiger partial charge in [0.2, 0.25) is 0 Å². The highest BCUT2D eigenvalue weighted by molar-refractivity contribution is 6.08. The minimum absolute atomic E-state index is 0.0783. The van der Waals surface area contributed by atoms with Crippen LogP contribution in [0.2, 0.25) is 0 Å². The first-order chi connectivity index (χ1) is 16.0. The lowest BCUT2D eigenvalue weighted by Gasteiger charge is -2.10. The van der Waals surface area contributed by atoms with Gasteiger partial charge in [0.15, 0.2) is 23.0 Å². The van der Waals surface area contributed by atoms with Gasteiger partial charge in [0.25, 0.3) is 5.91 Å². The molecular weight excluding hydrogens is 418 g/mol. The number of amides is 1. The summed E-state index contributed by atoms with van der Waals surface area (Å²) in [4.78, 5) is 25.0. The molecule has 0 aliphatic carbocycles. The number of hydrogen-bond donors (Lipinski definition) is 1. The number of para-hydroxylation sites is 1. The van der Waals surface area contributed by atoms with Crippen LogP contribution in [0.1, 0.15) is 27.8 Å². The van der Waals surface area contributed by atoms with E-state index in [0.29, 0.717) is 28.3 Å². The molecule has 0 bridgehead atoms. The van der Waals surface area contributed by atoms with Crippen molar-refractivity contribution in [2.24, 2.45) is 0 Å². The van der Waals surface area contributed by atoms with Crippen molar-refractivity contribution in [1.82, 2.24) is 9.78 Å². The van der Waals surface area contributed by atoms with Gasteiger partial charge in [-0.2, -0.15) is 5.10 Å². The third-order valence-electron chi connectivity index (χ3n) is 5.17. The first-order valence-electron chi connectivity index (χ1n) is 10.3. The van der Waals surface area contributed by atoms with Crippen molar-refractivity contribution in [2.45, 2.75) is 6.92 Å². The number of nitrogens with zero attached hydrogens (tertiary/aromatic N) is 2. The van der Waals surface area contributed by atoms with Crippen molar-refractivity contribution in [3.63, 3.8) is 0 Å². The number of ketones is 1. The molecule has 7 nitrogen and oxygen atoms in total. The molecule has 4 rings (SSSR count). The van der Waals surface area contributed by atoms with E-state index < -0.39 is 5.91 Å². The minimum Gasteiger partial charge on any atom is -0.493 e. The molecule has 1 amide bonds. The molecule has 3 aromatic carbocycles. The zero-order valence-corrected chi connectivity index (χ0v) is 18.5. The second-order valence-corrected chi connectivity index (χ2v) is 7.33. The Morgan fingerprint density at radius 2 is 1.64 bits per heavy atom. The summed E-state index contributed by atoms with van der Waals surface area (Å²) >= 11 is 0. The smallest absolute Gasteiger partial charge is 0.276 e. The molecule has 166 valence electrons. The highest BCUT2D eigenvalue weighted by Crippen LogP contribution is 2.34. The summed E-state index contributed by atoms with van der Waals surface area (Å²) in [6, 6.07) is 21.8. The van der Waals surface area contributed by atoms with Crippen molar-refractivity contribution in [1.29, 1.82) is 0 Å². The molecule has 1 N–H and O–H groups in total. The number of methoxy groups -OCH3 is 2. The van der Waals surface area contributed by atoms with E-state index in [2.05, 4.69) is 10.4 Å². The Balaban J connectivity index is 1.78. The molecule has 0 spiro atoms. The van der Waals surface area contributed by atoms with E-state index in [1.165, 1.54) is 6.92 Å². The van der Waals surface area contributed by atoms with Gasteiger partial charge in [-0.3, -0.25) is 9.59 Å². The van der Waals surface area contributed by atoms with Crippen molar-refractivity contribution >= 4 is 17.4 Å². The number of rotatable bonds is 7. The quantitative estimate of drug-likeness (QED) is 0.408. The number of aromatic nitrogens is 2. The summed E-state index contributed by atoms with van der Waals surface area (Å²) in [5, 5.41) is 7.43. The predicted molar refractivity (Wildman–Crippen MR) is 127 cm³/mol. The van der Waals surface area contributed by atoms with E-state index in [1.54, 1.807) is 61.5 Å². The summed E-state index contributed by atoms with van der Waals surface area (Å²) in [5.74, 6) is 0.660. The van der Waals surface area contributed by atoms with E-state index in [-0.39, 0.29) is 11.5 Å². The Morgan fingerprint density at radius 1 is 0.879 bits per heavy atom. The minimum atomic E-state index is -0.393. The van der Waals surface area contributed by atoms with Crippen LogP contribution in [0.5, 0.6) is 11.5 Å². The number of nitrogens with one attached hydrogen (secondary N) is 1. The summed E-state index contributed by atoms with van der Waals surface area (Å²) in [5.41, 5.74) is 3.46. The number of carbonyl (C=O) groups excluding carboxylic acids is 2. The van der Waals surface area contributed by atoms with Gasteiger partial charge in [0, 0.05) is 23.0 Å². The van der Waals surface area contributed by atoms with Crippen LogP contribution in [-0.2, 0) is 0 Å². The van der Waals surface area contributed by atoms with Crippen molar-refractivity contribution in [3.8, 4) is 28.3 Å². The van der Waals surface area contributed by atoms with E-state index in [9.17, 15) is 9.59 Å². The molecule has 1 heterocycles. The average molecular weight is 441 g/mol. The van der Waals surface area contributed by atoms with Crippen LogP contribution in [-0.4, -0.2) is 35.7 Å². The molecular formula is C26H23N3O4. The monoisotopic (exact) mass is 441 g/mol. The first-order valence-corrected chi connectivity index (χ1v) is 10.3. The maximum Gasteiger partial charge on any atom is 0.276 e. The van der Waals surface area contributed by atoms with Gasteiger partial charge in [-0.15, -0.1) is 0 Å². The Kier molecular flexibility index (Phi) is 6.22. The third kappa shape index (κ3) is 4.62. The van der Waals surface area contributed by atoms with E-state index in [1.807, 2.05) is 36.4 Å². The van der Waals surface area contributed by atoms with Gasteiger partial charge >= 0.3 is 0 Å². The molecule has 33 heavy (non-hydrogen) atoms. The molecule has 0 aliphatic rings. The van der Waals surface area contributed by atoms with E-state index in [4.69, 9.17) is 9.47 Å². The van der Waals surface area contributed by atoms with Crippen molar-refractivity contribution in [2.75, 3.05) is 19.5 Å². The van der Waals surface area contributed by atoms with E-state index in [0.717, 1.165) is 11.3 Å². The first kappa shape index (κ1) is 21.8. The van der Waals surface area contributed by atoms with Crippen molar-refractivity contribution in [3.05, 3.63) is 90.3 Å². The van der Waals surface area contributed by atoms with Gasteiger partial charge < -0.3 is 14.8 Å². The number of benzene rings is 3. The fourth-order valence-electron chi connectivity index (χ4n) is 3.48. The normalized spacial score (nSPS) is 10.5. The van der Waals surface area contributed by atoms with Gasteiger partial charge in [0.05, 0.1) is 19.9 Å². The highest BCUT2D eigenvalue weighted by atomic mass is 16.5. The van der Waals surface area contributed by atoms with Gasteiger partial charge in [0.1, 0.15) is 0 Å². The van der Waals surface area contributed by atoms with Crippen LogP contribution < -0.4 is 14.8 Å². The molecule has 0 saturated heterocycles. The number of hydrogen-bond acceptors (Lipinski definition) is 5. The fraction of sp³-hybridized carbons (Fsp3) is 0.115. The zero-order valence-electron chi connectivity index (χ0n) is 18.5. The number of carbonyl (C=O) groups is 2. The predicted octanol–water partition coefficient (Wildman–Crippen LogP) is 5.01. The molecule has 0 unspecified atom stereocenters. The molecule has 0 aliphatic heterocycles. The molecule has 0 atom stereocenters. The van der Waals surface area contributed by atoms with Gasteiger partial charge in [-0.25, -0.2) is 4.68 Å². The lowest BCUT2D eigenvalue weighted by molar-refractivity contribution is 0.100. The largest absolute Gasteiger partial charge is 0.493 e. The Morgan fingerprint density at radius 3 is 2.33 bits per heavy atom. The van der Waals surface area contributed by atoms with Gasteiger partial charge in [-0.1, -0.05) is 36.4 Å². The van der Waals surface area contributed by atoms with Crippen LogP contribution in [0, 0.1) is 0 Å². The van der Waals surface area contributed by atoms with Crippen LogP contribution in [0.15, 0.2) is 79.0 Å². The number of ether oxygens (including phenoxy) is 2. The lowest BCUT2D eigenvalue weighted by Crippen LogP contribution is -2.14. The summed E-state index contributed by atoms with van der Waals surface area (Å²) in [6.07, 6.45) is 1.80. The highest BCUT2D eigenvalue weighted by Gasteiger charge is 2.20. The topological polar surface area (TPSA) is 82.5 Å². The molecule has 7 heteroatoms. The Bertz CT molecular complexity index is 1310. The summed E-state index contributed by atoms with van der Waals surface area (Å²) in [6.45, 7) is 1.48. The maximum absolute atomic E-state index is 13.3. The molecule has 4 aromatic rings. The standard InChI is InChI=1S/C26H23N3O4/c1-17(30)18-8-7-9-20(14-18)27-26(31)25-22(16-29(28-25)21-10-5-4-6-11-21)19-12-13-23(32-2)24(15-19)33-3/h4-16H,1-3H3,(H,27,31). The third-order valence-corrected chi connectivity index (χ3v) is 5.17. The van der Waals surface area contributed by atoms with E-state index >= 15 is 0 Å². The Hall–Kier alpha value is -4.39. The van der Waals surface area contributed by atoms with Crippen LogP contribution in [0.3, 0.4) is 0 Å². The Labute approximate surface area is 191 Å². The van der Waals surface area contributed by atoms with Crippen molar-refractivity contribution < 1.29 is 19.1 Å².